The Balaban J connectivity index is 2.21. The third-order valence-corrected chi connectivity index (χ3v) is 4.68. The van der Waals surface area contributed by atoms with Crippen LogP contribution in [0.25, 0.3) is 0 Å². The Labute approximate surface area is 141 Å². The topological polar surface area (TPSA) is 88.9 Å². The van der Waals surface area contributed by atoms with Gasteiger partial charge in [-0.3, -0.25) is 4.79 Å². The number of carbonyl (C=O) groups excluding carboxylic acids is 1. The number of ether oxygens (including phenoxy) is 1. The maximum atomic E-state index is 12.6. The SMILES string of the molecule is CNS(=O)(=O)c1ccc(C(=O)N(CCOC)Cc2ccccc2)o1. The highest BCUT2D eigenvalue weighted by Crippen LogP contribution is 2.16. The number of nitrogens with one attached hydrogen (secondary N) is 1. The lowest BCUT2D eigenvalue weighted by molar-refractivity contribution is 0.0644. The molecule has 1 aromatic heterocycles. The molecular weight excluding hydrogens is 332 g/mol. The second-order valence-corrected chi connectivity index (χ2v) is 6.85. The third-order valence-electron chi connectivity index (χ3n) is 3.39. The van der Waals surface area contributed by atoms with Crippen LogP contribution in [0, 0.1) is 0 Å². The van der Waals surface area contributed by atoms with Crippen LogP contribution in [0.3, 0.4) is 0 Å². The molecule has 0 spiro atoms. The Morgan fingerprint density at radius 1 is 1.21 bits per heavy atom. The molecule has 7 nitrogen and oxygen atoms in total. The molecule has 0 atom stereocenters. The van der Waals surface area contributed by atoms with Gasteiger partial charge >= 0.3 is 0 Å². The molecule has 0 saturated carbocycles. The molecule has 2 aromatic rings. The van der Waals surface area contributed by atoms with Crippen molar-refractivity contribution in [3.8, 4) is 0 Å². The number of hydrogen-bond acceptors (Lipinski definition) is 5. The van der Waals surface area contributed by atoms with Crippen molar-refractivity contribution in [1.29, 1.82) is 0 Å². The molecule has 1 amide bonds. The van der Waals surface area contributed by atoms with E-state index in [1.54, 1.807) is 12.0 Å². The predicted octanol–water partition coefficient (Wildman–Crippen LogP) is 1.48. The van der Waals surface area contributed by atoms with Crippen LogP contribution in [0.2, 0.25) is 0 Å². The molecule has 0 aliphatic carbocycles. The largest absolute Gasteiger partial charge is 0.438 e. The molecular formula is C16H20N2O5S. The summed E-state index contributed by atoms with van der Waals surface area (Å²) in [6, 6.07) is 12.1. The van der Waals surface area contributed by atoms with Crippen molar-refractivity contribution in [1.82, 2.24) is 9.62 Å². The number of benzene rings is 1. The molecule has 0 radical (unpaired) electrons. The molecule has 0 aliphatic rings. The van der Waals surface area contributed by atoms with E-state index in [9.17, 15) is 13.2 Å². The average Bonchev–Trinajstić information content (AvgIpc) is 3.10. The molecule has 130 valence electrons. The lowest BCUT2D eigenvalue weighted by Gasteiger charge is -2.21. The minimum atomic E-state index is -3.72. The molecule has 0 fully saturated rings. The Bertz CT molecular complexity index is 771. The van der Waals surface area contributed by atoms with E-state index in [0.29, 0.717) is 19.7 Å². The molecule has 0 unspecified atom stereocenters. The monoisotopic (exact) mass is 352 g/mol. The van der Waals surface area contributed by atoms with E-state index in [1.807, 2.05) is 30.3 Å². The fourth-order valence-electron chi connectivity index (χ4n) is 2.09. The van der Waals surface area contributed by atoms with Gasteiger partial charge in [-0.15, -0.1) is 0 Å². The molecule has 0 bridgehead atoms. The Hall–Kier alpha value is -2.16. The maximum Gasteiger partial charge on any atom is 0.289 e. The summed E-state index contributed by atoms with van der Waals surface area (Å²) in [6.45, 7) is 1.10. The van der Waals surface area contributed by atoms with Gasteiger partial charge in [-0.2, -0.15) is 0 Å². The lowest BCUT2D eigenvalue weighted by atomic mass is 10.2. The highest BCUT2D eigenvalue weighted by atomic mass is 32.2. The molecule has 1 heterocycles. The molecule has 1 N–H and O–H groups in total. The minimum absolute atomic E-state index is 0.0316. The number of methoxy groups -OCH3 is 1. The van der Waals surface area contributed by atoms with Crippen LogP contribution < -0.4 is 4.72 Å². The molecule has 8 heteroatoms. The lowest BCUT2D eigenvalue weighted by Crippen LogP contribution is -2.33. The van der Waals surface area contributed by atoms with Gasteiger partial charge in [0.1, 0.15) is 0 Å². The average molecular weight is 352 g/mol. The van der Waals surface area contributed by atoms with Gasteiger partial charge in [0.25, 0.3) is 15.9 Å². The van der Waals surface area contributed by atoms with Crippen molar-refractivity contribution in [3.05, 3.63) is 53.8 Å². The van der Waals surface area contributed by atoms with Crippen molar-refractivity contribution in [3.63, 3.8) is 0 Å². The van der Waals surface area contributed by atoms with E-state index in [2.05, 4.69) is 4.72 Å². The van der Waals surface area contributed by atoms with E-state index in [4.69, 9.17) is 9.15 Å². The van der Waals surface area contributed by atoms with Gasteiger partial charge in [0.05, 0.1) is 6.61 Å². The van der Waals surface area contributed by atoms with Gasteiger partial charge in [-0.1, -0.05) is 30.3 Å². The first-order valence-electron chi connectivity index (χ1n) is 7.33. The Morgan fingerprint density at radius 3 is 2.54 bits per heavy atom. The predicted molar refractivity (Wildman–Crippen MR) is 88.0 cm³/mol. The second-order valence-electron chi connectivity index (χ2n) is 5.03. The third kappa shape index (κ3) is 4.44. The standard InChI is InChI=1S/C16H20N2O5S/c1-17-24(20,21)15-9-8-14(23-15)16(19)18(10-11-22-2)12-13-6-4-3-5-7-13/h3-9,17H,10-12H2,1-2H3. The summed E-state index contributed by atoms with van der Waals surface area (Å²) in [6.07, 6.45) is 0. The normalized spacial score (nSPS) is 11.4. The number of amides is 1. The highest BCUT2D eigenvalue weighted by Gasteiger charge is 2.23. The molecule has 0 saturated heterocycles. The molecule has 1 aromatic carbocycles. The smallest absolute Gasteiger partial charge is 0.289 e. The van der Waals surface area contributed by atoms with E-state index in [0.717, 1.165) is 5.56 Å². The summed E-state index contributed by atoms with van der Waals surface area (Å²) in [5.41, 5.74) is 0.955. The number of furan rings is 1. The summed E-state index contributed by atoms with van der Waals surface area (Å²) in [7, 11) is -0.896. The zero-order valence-corrected chi connectivity index (χ0v) is 14.4. The van der Waals surface area contributed by atoms with Crippen molar-refractivity contribution in [2.24, 2.45) is 0 Å². The fourth-order valence-corrected chi connectivity index (χ4v) is 2.74. The summed E-state index contributed by atoms with van der Waals surface area (Å²) < 4.78 is 35.8. The first-order valence-corrected chi connectivity index (χ1v) is 8.82. The van der Waals surface area contributed by atoms with Crippen LogP contribution in [0.15, 0.2) is 52.0 Å². The van der Waals surface area contributed by atoms with E-state index in [-0.39, 0.29) is 10.9 Å². The number of sulfonamides is 1. The van der Waals surface area contributed by atoms with Gasteiger partial charge in [-0.25, -0.2) is 13.1 Å². The Morgan fingerprint density at radius 2 is 1.92 bits per heavy atom. The van der Waals surface area contributed by atoms with Crippen LogP contribution in [-0.4, -0.2) is 46.5 Å². The molecule has 24 heavy (non-hydrogen) atoms. The van der Waals surface area contributed by atoms with E-state index >= 15 is 0 Å². The van der Waals surface area contributed by atoms with Crippen LogP contribution in [0.5, 0.6) is 0 Å². The minimum Gasteiger partial charge on any atom is -0.438 e. The number of hydrogen-bond donors (Lipinski definition) is 1. The number of nitrogens with zero attached hydrogens (tertiary/aromatic N) is 1. The fraction of sp³-hybridized carbons (Fsp3) is 0.312. The van der Waals surface area contributed by atoms with Gasteiger partial charge in [0.15, 0.2) is 5.76 Å². The summed E-state index contributed by atoms with van der Waals surface area (Å²) in [5.74, 6) is -0.427. The zero-order valence-electron chi connectivity index (χ0n) is 13.6. The number of rotatable bonds is 8. The van der Waals surface area contributed by atoms with Crippen LogP contribution in [0.4, 0.5) is 0 Å². The summed E-state index contributed by atoms with van der Waals surface area (Å²) in [5, 5.41) is -0.292. The quantitative estimate of drug-likeness (QED) is 0.777. The maximum absolute atomic E-state index is 12.6. The van der Waals surface area contributed by atoms with Gasteiger partial charge in [0, 0.05) is 20.2 Å². The zero-order chi connectivity index (χ0) is 17.6. The van der Waals surface area contributed by atoms with Crippen LogP contribution in [-0.2, 0) is 21.3 Å². The van der Waals surface area contributed by atoms with Gasteiger partial charge < -0.3 is 14.1 Å². The van der Waals surface area contributed by atoms with Crippen LogP contribution >= 0.6 is 0 Å². The van der Waals surface area contributed by atoms with Crippen molar-refractivity contribution >= 4 is 15.9 Å². The first kappa shape index (κ1) is 18.2. The number of carbonyl (C=O) groups is 1. The van der Waals surface area contributed by atoms with Crippen molar-refractivity contribution in [2.45, 2.75) is 11.6 Å². The van der Waals surface area contributed by atoms with Crippen LogP contribution in [0.1, 0.15) is 16.1 Å². The van der Waals surface area contributed by atoms with Crippen molar-refractivity contribution < 1.29 is 22.4 Å². The second kappa shape index (κ2) is 8.09. The van der Waals surface area contributed by atoms with Crippen molar-refractivity contribution in [2.75, 3.05) is 27.3 Å². The van der Waals surface area contributed by atoms with Gasteiger partial charge in [0.2, 0.25) is 5.09 Å². The van der Waals surface area contributed by atoms with E-state index < -0.39 is 15.9 Å². The highest BCUT2D eigenvalue weighted by molar-refractivity contribution is 7.89. The molecule has 2 rings (SSSR count). The summed E-state index contributed by atoms with van der Waals surface area (Å²) >= 11 is 0. The van der Waals surface area contributed by atoms with E-state index in [1.165, 1.54) is 19.2 Å². The first-order chi connectivity index (χ1) is 11.5. The summed E-state index contributed by atoms with van der Waals surface area (Å²) in [4.78, 5) is 14.2. The van der Waals surface area contributed by atoms with Gasteiger partial charge in [-0.05, 0) is 24.7 Å². The molecule has 0 aliphatic heterocycles. The Kier molecular flexibility index (Phi) is 6.13.